The molecule has 0 saturated heterocycles. The van der Waals surface area contributed by atoms with Gasteiger partial charge < -0.3 is 9.32 Å². The number of thiophene rings is 1. The van der Waals surface area contributed by atoms with Crippen LogP contribution in [-0.4, -0.2) is 28.1 Å². The van der Waals surface area contributed by atoms with Gasteiger partial charge >= 0.3 is 0 Å². The van der Waals surface area contributed by atoms with Crippen LogP contribution in [0.1, 0.15) is 21.5 Å². The number of hydrogen-bond acceptors (Lipinski definition) is 5. The molecule has 0 spiro atoms. The zero-order valence-electron chi connectivity index (χ0n) is 15.6. The Balaban J connectivity index is 1.51. The summed E-state index contributed by atoms with van der Waals surface area (Å²) in [5.74, 6) is 0.900. The molecule has 4 rings (SSSR count). The average Bonchev–Trinajstić information content (AvgIpc) is 3.40. The first-order chi connectivity index (χ1) is 13.6. The van der Waals surface area contributed by atoms with Gasteiger partial charge in [-0.2, -0.15) is 11.3 Å². The molecule has 2 heterocycles. The summed E-state index contributed by atoms with van der Waals surface area (Å²) < 4.78 is 5.84. The van der Waals surface area contributed by atoms with E-state index in [4.69, 9.17) is 4.42 Å². The number of rotatable bonds is 5. The second-order valence-electron chi connectivity index (χ2n) is 6.60. The fourth-order valence-electron chi connectivity index (χ4n) is 2.97. The van der Waals surface area contributed by atoms with Gasteiger partial charge in [0, 0.05) is 30.3 Å². The lowest BCUT2D eigenvalue weighted by molar-refractivity contribution is 0.0785. The maximum Gasteiger partial charge on any atom is 0.253 e. The number of carbonyl (C=O) groups excluding carboxylic acids is 1. The summed E-state index contributed by atoms with van der Waals surface area (Å²) >= 11 is 1.63. The van der Waals surface area contributed by atoms with Crippen LogP contribution in [0, 0.1) is 6.92 Å². The molecule has 5 nitrogen and oxygen atoms in total. The number of aryl methyl sites for hydroxylation is 1. The number of nitrogens with zero attached hydrogens (tertiary/aromatic N) is 3. The van der Waals surface area contributed by atoms with Crippen LogP contribution in [0.25, 0.3) is 22.9 Å². The highest BCUT2D eigenvalue weighted by molar-refractivity contribution is 7.07. The summed E-state index contributed by atoms with van der Waals surface area (Å²) in [5.41, 5.74) is 4.53. The third-order valence-electron chi connectivity index (χ3n) is 4.53. The van der Waals surface area contributed by atoms with Gasteiger partial charge in [-0.1, -0.05) is 18.2 Å². The van der Waals surface area contributed by atoms with Gasteiger partial charge in [-0.3, -0.25) is 4.79 Å². The molecule has 2 aromatic heterocycles. The van der Waals surface area contributed by atoms with E-state index in [2.05, 4.69) is 15.6 Å². The van der Waals surface area contributed by atoms with E-state index in [0.29, 0.717) is 23.9 Å². The van der Waals surface area contributed by atoms with Crippen molar-refractivity contribution in [3.63, 3.8) is 0 Å². The van der Waals surface area contributed by atoms with E-state index < -0.39 is 0 Å². The highest BCUT2D eigenvalue weighted by atomic mass is 32.1. The van der Waals surface area contributed by atoms with Crippen molar-refractivity contribution in [2.45, 2.75) is 13.5 Å². The minimum atomic E-state index is -0.0242. The van der Waals surface area contributed by atoms with Crippen molar-refractivity contribution in [1.82, 2.24) is 15.1 Å². The topological polar surface area (TPSA) is 59.2 Å². The van der Waals surface area contributed by atoms with Crippen LogP contribution in [0.4, 0.5) is 0 Å². The van der Waals surface area contributed by atoms with Crippen molar-refractivity contribution in [2.24, 2.45) is 0 Å². The van der Waals surface area contributed by atoms with Gasteiger partial charge in [0.2, 0.25) is 11.8 Å². The van der Waals surface area contributed by atoms with Crippen molar-refractivity contribution in [3.05, 3.63) is 82.0 Å². The van der Waals surface area contributed by atoms with E-state index in [1.54, 1.807) is 35.4 Å². The summed E-state index contributed by atoms with van der Waals surface area (Å²) in [7, 11) is 1.81. The lowest BCUT2D eigenvalue weighted by atomic mass is 10.1. The van der Waals surface area contributed by atoms with Crippen molar-refractivity contribution in [3.8, 4) is 22.9 Å². The first-order valence-electron chi connectivity index (χ1n) is 8.88. The highest BCUT2D eigenvalue weighted by Gasteiger charge is 2.15. The highest BCUT2D eigenvalue weighted by Crippen LogP contribution is 2.26. The van der Waals surface area contributed by atoms with Crippen molar-refractivity contribution in [1.29, 1.82) is 0 Å². The maximum absolute atomic E-state index is 12.6. The van der Waals surface area contributed by atoms with E-state index in [1.807, 2.05) is 54.8 Å². The third kappa shape index (κ3) is 3.73. The van der Waals surface area contributed by atoms with E-state index in [-0.39, 0.29) is 5.91 Å². The molecule has 0 saturated carbocycles. The molecule has 0 aliphatic carbocycles. The van der Waals surface area contributed by atoms with Crippen LogP contribution < -0.4 is 0 Å². The fourth-order valence-corrected chi connectivity index (χ4v) is 3.63. The second kappa shape index (κ2) is 7.78. The molecule has 0 N–H and O–H groups in total. The van der Waals surface area contributed by atoms with Crippen LogP contribution in [0.3, 0.4) is 0 Å². The molecule has 0 atom stereocenters. The van der Waals surface area contributed by atoms with E-state index in [0.717, 1.165) is 22.3 Å². The Morgan fingerprint density at radius 3 is 2.50 bits per heavy atom. The zero-order valence-corrected chi connectivity index (χ0v) is 16.4. The Kier molecular flexibility index (Phi) is 5.04. The largest absolute Gasteiger partial charge is 0.416 e. The quantitative estimate of drug-likeness (QED) is 0.479. The number of hydrogen-bond donors (Lipinski definition) is 0. The number of aromatic nitrogens is 2. The monoisotopic (exact) mass is 389 g/mol. The molecule has 1 amide bonds. The van der Waals surface area contributed by atoms with Crippen LogP contribution >= 0.6 is 11.3 Å². The molecule has 0 aliphatic heterocycles. The number of carbonyl (C=O) groups is 1. The predicted octanol–water partition coefficient (Wildman–Crippen LogP) is 5.05. The smallest absolute Gasteiger partial charge is 0.253 e. The lowest BCUT2D eigenvalue weighted by Gasteiger charge is -2.16. The Bertz CT molecular complexity index is 1090. The molecule has 0 radical (unpaired) electrons. The fraction of sp³-hybridized carbons (Fsp3) is 0.136. The molecule has 6 heteroatoms. The van der Waals surface area contributed by atoms with Crippen LogP contribution in [0.2, 0.25) is 0 Å². The van der Waals surface area contributed by atoms with Crippen LogP contribution in [0.15, 0.2) is 69.8 Å². The normalized spacial score (nSPS) is 10.8. The molecule has 0 aliphatic rings. The van der Waals surface area contributed by atoms with Gasteiger partial charge in [-0.25, -0.2) is 0 Å². The number of amides is 1. The third-order valence-corrected chi connectivity index (χ3v) is 5.26. The standard InChI is InChI=1S/C22H19N3O2S/c1-15-5-3-4-6-19(15)21-24-23-20(27-21)17-7-9-18(10-8-17)22(26)25(2)13-16-11-12-28-14-16/h3-12,14H,13H2,1-2H3. The van der Waals surface area contributed by atoms with E-state index >= 15 is 0 Å². The van der Waals surface area contributed by atoms with Gasteiger partial charge in [0.1, 0.15) is 0 Å². The minimum Gasteiger partial charge on any atom is -0.416 e. The minimum absolute atomic E-state index is 0.0242. The Labute approximate surface area is 167 Å². The Morgan fingerprint density at radius 1 is 1.04 bits per heavy atom. The zero-order chi connectivity index (χ0) is 19.5. The second-order valence-corrected chi connectivity index (χ2v) is 7.38. The molecule has 28 heavy (non-hydrogen) atoms. The van der Waals surface area contributed by atoms with Crippen molar-refractivity contribution >= 4 is 17.2 Å². The van der Waals surface area contributed by atoms with Gasteiger partial charge in [0.05, 0.1) is 0 Å². The molecule has 0 unspecified atom stereocenters. The van der Waals surface area contributed by atoms with Crippen LogP contribution in [-0.2, 0) is 6.54 Å². The molecule has 0 bridgehead atoms. The van der Waals surface area contributed by atoms with Gasteiger partial charge in [-0.05, 0) is 65.2 Å². The molecular formula is C22H19N3O2S. The molecule has 4 aromatic rings. The summed E-state index contributed by atoms with van der Waals surface area (Å²) in [6.45, 7) is 2.60. The van der Waals surface area contributed by atoms with Crippen molar-refractivity contribution < 1.29 is 9.21 Å². The Morgan fingerprint density at radius 2 is 1.79 bits per heavy atom. The predicted molar refractivity (Wildman–Crippen MR) is 110 cm³/mol. The maximum atomic E-state index is 12.6. The average molecular weight is 389 g/mol. The molecule has 2 aromatic carbocycles. The van der Waals surface area contributed by atoms with E-state index in [1.165, 1.54) is 0 Å². The molecule has 0 fully saturated rings. The van der Waals surface area contributed by atoms with Crippen LogP contribution in [0.5, 0.6) is 0 Å². The van der Waals surface area contributed by atoms with Gasteiger partial charge in [0.25, 0.3) is 5.91 Å². The molecular weight excluding hydrogens is 370 g/mol. The summed E-state index contributed by atoms with van der Waals surface area (Å²) in [6.07, 6.45) is 0. The van der Waals surface area contributed by atoms with E-state index in [9.17, 15) is 4.79 Å². The lowest BCUT2D eigenvalue weighted by Crippen LogP contribution is -2.25. The van der Waals surface area contributed by atoms with Gasteiger partial charge in [0.15, 0.2) is 0 Å². The SMILES string of the molecule is Cc1ccccc1-c1nnc(-c2ccc(C(=O)N(C)Cc3ccsc3)cc2)o1. The summed E-state index contributed by atoms with van der Waals surface area (Å²) in [6, 6.07) is 17.2. The molecule has 140 valence electrons. The van der Waals surface area contributed by atoms with Gasteiger partial charge in [-0.15, -0.1) is 10.2 Å². The summed E-state index contributed by atoms with van der Waals surface area (Å²) in [4.78, 5) is 14.3. The summed E-state index contributed by atoms with van der Waals surface area (Å²) in [5, 5.41) is 12.4. The number of benzene rings is 2. The first kappa shape index (κ1) is 18.1. The first-order valence-corrected chi connectivity index (χ1v) is 9.82. The Hall–Kier alpha value is -3.25. The van der Waals surface area contributed by atoms with Crippen molar-refractivity contribution in [2.75, 3.05) is 7.05 Å².